The average molecular weight is 292 g/mol. The maximum Gasteiger partial charge on any atom is 0.133 e. The van der Waals surface area contributed by atoms with Crippen LogP contribution in [0.25, 0.3) is 10.9 Å². The molecule has 2 aromatic rings. The number of fused-ring (bicyclic) bond motifs is 2. The minimum atomic E-state index is 0.726. The molecule has 0 saturated heterocycles. The Morgan fingerprint density at radius 3 is 2.60 bits per heavy atom. The van der Waals surface area contributed by atoms with Crippen LogP contribution in [-0.4, -0.2) is 19.2 Å². The van der Waals surface area contributed by atoms with E-state index in [2.05, 4.69) is 0 Å². The molecule has 0 unspecified atom stereocenters. The number of benzene rings is 1. The van der Waals surface area contributed by atoms with Crippen molar-refractivity contribution < 1.29 is 9.47 Å². The van der Waals surface area contributed by atoms with Gasteiger partial charge in [-0.25, -0.2) is 0 Å². The lowest BCUT2D eigenvalue weighted by atomic mass is 10.0. The van der Waals surface area contributed by atoms with E-state index in [1.54, 1.807) is 14.2 Å². The summed E-state index contributed by atoms with van der Waals surface area (Å²) in [6.07, 6.45) is 5.61. The molecular weight excluding hydrogens is 274 g/mol. The van der Waals surface area contributed by atoms with E-state index in [1.807, 2.05) is 12.1 Å². The molecule has 3 rings (SSSR count). The highest BCUT2D eigenvalue weighted by Gasteiger charge is 2.19. The number of methoxy groups -OCH3 is 2. The zero-order chi connectivity index (χ0) is 14.1. The number of aromatic nitrogens is 1. The first-order valence-corrected chi connectivity index (χ1v) is 7.35. The molecule has 106 valence electrons. The van der Waals surface area contributed by atoms with Crippen molar-refractivity contribution in [1.82, 2.24) is 4.98 Å². The van der Waals surface area contributed by atoms with E-state index < -0.39 is 0 Å². The second-order valence-corrected chi connectivity index (χ2v) is 5.51. The zero-order valence-corrected chi connectivity index (χ0v) is 12.6. The molecule has 0 aliphatic heterocycles. The molecule has 0 N–H and O–H groups in total. The second kappa shape index (κ2) is 5.49. The van der Waals surface area contributed by atoms with Crippen LogP contribution in [0.4, 0.5) is 0 Å². The molecule has 1 aliphatic carbocycles. The molecule has 1 aromatic carbocycles. The Labute approximate surface area is 123 Å². The van der Waals surface area contributed by atoms with Crippen molar-refractivity contribution in [2.24, 2.45) is 0 Å². The molecule has 4 heteroatoms. The number of pyridine rings is 1. The van der Waals surface area contributed by atoms with Gasteiger partial charge in [0.2, 0.25) is 0 Å². The van der Waals surface area contributed by atoms with Crippen molar-refractivity contribution in [2.75, 3.05) is 14.2 Å². The van der Waals surface area contributed by atoms with Gasteiger partial charge in [-0.05, 0) is 31.2 Å². The number of ether oxygens (including phenoxy) is 2. The highest BCUT2D eigenvalue weighted by Crippen LogP contribution is 2.39. The predicted octanol–water partition coefficient (Wildman–Crippen LogP) is 4.17. The lowest BCUT2D eigenvalue weighted by Gasteiger charge is -2.14. The lowest BCUT2D eigenvalue weighted by molar-refractivity contribution is 0.398. The van der Waals surface area contributed by atoms with E-state index >= 15 is 0 Å². The van der Waals surface area contributed by atoms with E-state index in [9.17, 15) is 0 Å². The third-order valence-electron chi connectivity index (χ3n) is 3.94. The van der Waals surface area contributed by atoms with Crippen LogP contribution in [0, 0.1) is 0 Å². The molecule has 0 saturated carbocycles. The van der Waals surface area contributed by atoms with Gasteiger partial charge in [0.05, 0.1) is 30.1 Å². The van der Waals surface area contributed by atoms with Crippen LogP contribution in [0.1, 0.15) is 30.5 Å². The van der Waals surface area contributed by atoms with Gasteiger partial charge >= 0.3 is 0 Å². The maximum absolute atomic E-state index is 6.65. The SMILES string of the molecule is COc1cc(OC)c2c(Cl)c3c(nc2c1)CCCCC3. The number of rotatable bonds is 2. The van der Waals surface area contributed by atoms with Crippen molar-refractivity contribution in [2.45, 2.75) is 32.1 Å². The van der Waals surface area contributed by atoms with Crippen molar-refractivity contribution in [1.29, 1.82) is 0 Å². The maximum atomic E-state index is 6.65. The summed E-state index contributed by atoms with van der Waals surface area (Å²) in [5, 5.41) is 1.70. The van der Waals surface area contributed by atoms with Crippen molar-refractivity contribution in [3.05, 3.63) is 28.4 Å². The Hall–Kier alpha value is -1.48. The average Bonchev–Trinajstić information content (AvgIpc) is 2.71. The van der Waals surface area contributed by atoms with E-state index in [4.69, 9.17) is 26.1 Å². The van der Waals surface area contributed by atoms with Crippen LogP contribution in [0.5, 0.6) is 11.5 Å². The summed E-state index contributed by atoms with van der Waals surface area (Å²) in [4.78, 5) is 4.81. The van der Waals surface area contributed by atoms with Gasteiger partial charge < -0.3 is 9.47 Å². The number of aryl methyl sites for hydroxylation is 1. The van der Waals surface area contributed by atoms with Crippen molar-refractivity contribution >= 4 is 22.5 Å². The smallest absolute Gasteiger partial charge is 0.133 e. The molecule has 0 spiro atoms. The Kier molecular flexibility index (Phi) is 3.70. The van der Waals surface area contributed by atoms with Gasteiger partial charge in [0.1, 0.15) is 11.5 Å². The van der Waals surface area contributed by atoms with E-state index in [1.165, 1.54) is 24.8 Å². The van der Waals surface area contributed by atoms with Crippen LogP contribution in [-0.2, 0) is 12.8 Å². The molecule has 1 aromatic heterocycles. The normalized spacial score (nSPS) is 14.8. The summed E-state index contributed by atoms with van der Waals surface area (Å²) in [6, 6.07) is 3.79. The molecule has 0 bridgehead atoms. The minimum absolute atomic E-state index is 0.726. The quantitative estimate of drug-likeness (QED) is 0.778. The topological polar surface area (TPSA) is 31.4 Å². The second-order valence-electron chi connectivity index (χ2n) is 5.14. The predicted molar refractivity (Wildman–Crippen MR) is 81.1 cm³/mol. The Balaban J connectivity index is 2.31. The largest absolute Gasteiger partial charge is 0.497 e. The van der Waals surface area contributed by atoms with Gasteiger partial charge in [-0.3, -0.25) is 4.98 Å². The molecule has 1 aliphatic rings. The molecular formula is C16H18ClNO2. The van der Waals surface area contributed by atoms with Crippen molar-refractivity contribution in [3.63, 3.8) is 0 Å². The first kappa shape index (κ1) is 13.5. The van der Waals surface area contributed by atoms with E-state index in [0.717, 1.165) is 46.0 Å². The number of hydrogen-bond donors (Lipinski definition) is 0. The number of halogens is 1. The molecule has 3 nitrogen and oxygen atoms in total. The standard InChI is InChI=1S/C16H18ClNO2/c1-19-10-8-13-15(14(9-10)20-2)16(17)11-6-4-3-5-7-12(11)18-13/h8-9H,3-7H2,1-2H3. The van der Waals surface area contributed by atoms with E-state index in [0.29, 0.717) is 0 Å². The first-order chi connectivity index (χ1) is 9.74. The fraction of sp³-hybridized carbons (Fsp3) is 0.438. The summed E-state index contributed by atoms with van der Waals surface area (Å²) in [5.41, 5.74) is 3.18. The Morgan fingerprint density at radius 2 is 1.85 bits per heavy atom. The van der Waals surface area contributed by atoms with Gasteiger partial charge in [-0.2, -0.15) is 0 Å². The van der Waals surface area contributed by atoms with Gasteiger partial charge in [0.15, 0.2) is 0 Å². The monoisotopic (exact) mass is 291 g/mol. The molecule has 0 amide bonds. The van der Waals surface area contributed by atoms with Crippen LogP contribution in [0.2, 0.25) is 5.02 Å². The summed E-state index contributed by atoms with van der Waals surface area (Å²) < 4.78 is 10.8. The first-order valence-electron chi connectivity index (χ1n) is 6.97. The van der Waals surface area contributed by atoms with Gasteiger partial charge in [0, 0.05) is 17.8 Å². The minimum Gasteiger partial charge on any atom is -0.497 e. The lowest BCUT2D eigenvalue weighted by Crippen LogP contribution is -2.00. The highest BCUT2D eigenvalue weighted by molar-refractivity contribution is 6.36. The fourth-order valence-corrected chi connectivity index (χ4v) is 3.28. The summed E-state index contributed by atoms with van der Waals surface area (Å²) in [5.74, 6) is 1.47. The van der Waals surface area contributed by atoms with Crippen LogP contribution >= 0.6 is 11.6 Å². The van der Waals surface area contributed by atoms with Crippen LogP contribution < -0.4 is 9.47 Å². The van der Waals surface area contributed by atoms with E-state index in [-0.39, 0.29) is 0 Å². The summed E-state index contributed by atoms with van der Waals surface area (Å²) >= 11 is 6.65. The van der Waals surface area contributed by atoms with Crippen LogP contribution in [0.15, 0.2) is 12.1 Å². The molecule has 0 radical (unpaired) electrons. The number of nitrogens with zero attached hydrogens (tertiary/aromatic N) is 1. The molecule has 1 heterocycles. The highest BCUT2D eigenvalue weighted by atomic mass is 35.5. The van der Waals surface area contributed by atoms with Crippen molar-refractivity contribution in [3.8, 4) is 11.5 Å². The number of hydrogen-bond acceptors (Lipinski definition) is 3. The summed E-state index contributed by atoms with van der Waals surface area (Å²) in [6.45, 7) is 0. The van der Waals surface area contributed by atoms with Gasteiger partial charge in [-0.15, -0.1) is 0 Å². The molecule has 0 fully saturated rings. The fourth-order valence-electron chi connectivity index (χ4n) is 2.89. The molecule has 0 atom stereocenters. The third kappa shape index (κ3) is 2.20. The third-order valence-corrected chi connectivity index (χ3v) is 4.36. The molecule has 20 heavy (non-hydrogen) atoms. The Morgan fingerprint density at radius 1 is 1.05 bits per heavy atom. The Bertz CT molecular complexity index is 655. The van der Waals surface area contributed by atoms with Gasteiger partial charge in [-0.1, -0.05) is 18.0 Å². The summed E-state index contributed by atoms with van der Waals surface area (Å²) in [7, 11) is 3.29. The van der Waals surface area contributed by atoms with Gasteiger partial charge in [0.25, 0.3) is 0 Å². The zero-order valence-electron chi connectivity index (χ0n) is 11.8. The van der Waals surface area contributed by atoms with Crippen LogP contribution in [0.3, 0.4) is 0 Å².